The van der Waals surface area contributed by atoms with Crippen LogP contribution in [0.3, 0.4) is 0 Å². The predicted octanol–water partition coefficient (Wildman–Crippen LogP) is 3.70. The molecule has 3 heterocycles. The molecule has 1 aliphatic rings. The monoisotopic (exact) mass is 501 g/mol. The second-order valence-electron chi connectivity index (χ2n) is 9.13. The first-order chi connectivity index (χ1) is 17.8. The Morgan fingerprint density at radius 2 is 1.59 bits per heavy atom. The van der Waals surface area contributed by atoms with E-state index in [0.29, 0.717) is 33.7 Å². The van der Waals surface area contributed by atoms with E-state index < -0.39 is 30.4 Å². The molecule has 10 heteroatoms. The molecule has 0 aliphatic carbocycles. The molecule has 1 fully saturated rings. The number of nitrogens with two attached hydrogens (primary N) is 1. The number of benzene rings is 2. The fourth-order valence-electron chi connectivity index (χ4n) is 4.32. The lowest BCUT2D eigenvalue weighted by Gasteiger charge is -2.19. The van der Waals surface area contributed by atoms with Gasteiger partial charge in [0.05, 0.1) is 22.2 Å². The van der Waals surface area contributed by atoms with E-state index in [1.807, 2.05) is 45.0 Å². The van der Waals surface area contributed by atoms with Gasteiger partial charge in [-0.05, 0) is 45.0 Å². The Hall–Kier alpha value is -4.31. The molecule has 1 aliphatic heterocycles. The minimum Gasteiger partial charge on any atom is -0.459 e. The molecular weight excluding hydrogens is 474 g/mol. The van der Waals surface area contributed by atoms with Gasteiger partial charge >= 0.3 is 11.9 Å². The smallest absolute Gasteiger partial charge is 0.338 e. The molecule has 0 spiro atoms. The summed E-state index contributed by atoms with van der Waals surface area (Å²) in [6.07, 6.45) is -0.384. The molecule has 2 aromatic heterocycles. The van der Waals surface area contributed by atoms with Crippen LogP contribution in [-0.4, -0.2) is 50.5 Å². The average molecular weight is 502 g/mol. The van der Waals surface area contributed by atoms with Crippen molar-refractivity contribution in [3.8, 4) is 0 Å². The van der Waals surface area contributed by atoms with Gasteiger partial charge in [-0.15, -0.1) is 0 Å². The van der Waals surface area contributed by atoms with Gasteiger partial charge in [0.15, 0.2) is 11.9 Å². The first kappa shape index (κ1) is 24.4. The summed E-state index contributed by atoms with van der Waals surface area (Å²) in [7, 11) is 0. The number of nitrogen functional groups attached to an aromatic ring is 1. The van der Waals surface area contributed by atoms with E-state index >= 15 is 0 Å². The average Bonchev–Trinajstić information content (AvgIpc) is 3.44. The zero-order valence-corrected chi connectivity index (χ0v) is 20.7. The third-order valence-electron chi connectivity index (χ3n) is 6.36. The maximum Gasteiger partial charge on any atom is 0.338 e. The molecule has 2 N–H and O–H groups in total. The molecule has 0 saturated carbocycles. The SMILES string of the molecule is Cc1ccc(C(=O)OC[C@H]2O[C@@H](n3nc(C)c4c(N)ncnc43)C[C@@H]2OC(=O)c2ccc(C)cc2)cc1. The van der Waals surface area contributed by atoms with E-state index in [9.17, 15) is 9.59 Å². The van der Waals surface area contributed by atoms with Crippen LogP contribution in [0.4, 0.5) is 5.82 Å². The molecule has 190 valence electrons. The van der Waals surface area contributed by atoms with Gasteiger partial charge in [0.25, 0.3) is 0 Å². The lowest BCUT2D eigenvalue weighted by Crippen LogP contribution is -2.32. The maximum absolute atomic E-state index is 12.9. The van der Waals surface area contributed by atoms with Crippen LogP contribution in [0.25, 0.3) is 11.0 Å². The van der Waals surface area contributed by atoms with Gasteiger partial charge in [0, 0.05) is 6.42 Å². The van der Waals surface area contributed by atoms with E-state index in [1.165, 1.54) is 6.33 Å². The van der Waals surface area contributed by atoms with Crippen molar-refractivity contribution in [3.05, 3.63) is 82.8 Å². The van der Waals surface area contributed by atoms with Crippen LogP contribution in [0.15, 0.2) is 54.9 Å². The maximum atomic E-state index is 12.9. The Morgan fingerprint density at radius 3 is 2.24 bits per heavy atom. The molecule has 5 rings (SSSR count). The molecule has 4 aromatic rings. The molecule has 37 heavy (non-hydrogen) atoms. The molecule has 10 nitrogen and oxygen atoms in total. The van der Waals surface area contributed by atoms with E-state index in [0.717, 1.165) is 11.1 Å². The third-order valence-corrected chi connectivity index (χ3v) is 6.36. The zero-order chi connectivity index (χ0) is 26.1. The number of hydrogen-bond donors (Lipinski definition) is 1. The van der Waals surface area contributed by atoms with Crippen LogP contribution in [0.2, 0.25) is 0 Å². The largest absolute Gasteiger partial charge is 0.459 e. The Morgan fingerprint density at radius 1 is 0.973 bits per heavy atom. The summed E-state index contributed by atoms with van der Waals surface area (Å²) in [6.45, 7) is 5.58. The van der Waals surface area contributed by atoms with Gasteiger partial charge in [-0.1, -0.05) is 35.4 Å². The Bertz CT molecular complexity index is 1450. The lowest BCUT2D eigenvalue weighted by atomic mass is 10.1. The molecule has 0 unspecified atom stereocenters. The highest BCUT2D eigenvalue weighted by atomic mass is 16.6. The van der Waals surface area contributed by atoms with Gasteiger partial charge in [-0.25, -0.2) is 24.2 Å². The van der Waals surface area contributed by atoms with Crippen molar-refractivity contribution in [1.82, 2.24) is 19.7 Å². The van der Waals surface area contributed by atoms with Crippen LogP contribution >= 0.6 is 0 Å². The Kier molecular flexibility index (Phi) is 6.58. The molecular formula is C27H27N5O5. The molecule has 0 amide bonds. The number of aromatic nitrogens is 4. The summed E-state index contributed by atoms with van der Waals surface area (Å²) in [4.78, 5) is 33.9. The number of esters is 2. The number of anilines is 1. The minimum absolute atomic E-state index is 0.107. The lowest BCUT2D eigenvalue weighted by molar-refractivity contribution is -0.0591. The summed E-state index contributed by atoms with van der Waals surface area (Å²) in [5, 5.41) is 5.19. The fourth-order valence-corrected chi connectivity index (χ4v) is 4.32. The van der Waals surface area contributed by atoms with Crippen LogP contribution in [0.1, 0.15) is 50.2 Å². The predicted molar refractivity (Wildman–Crippen MR) is 135 cm³/mol. The minimum atomic E-state index is -0.715. The first-order valence-electron chi connectivity index (χ1n) is 11.9. The molecule has 2 aromatic carbocycles. The highest BCUT2D eigenvalue weighted by Gasteiger charge is 2.41. The second-order valence-corrected chi connectivity index (χ2v) is 9.13. The number of aryl methyl sites for hydroxylation is 3. The second kappa shape index (κ2) is 9.98. The number of carbonyl (C=O) groups is 2. The van der Waals surface area contributed by atoms with Crippen molar-refractivity contribution in [2.75, 3.05) is 12.3 Å². The third kappa shape index (κ3) is 5.01. The Labute approximate surface area is 213 Å². The summed E-state index contributed by atoms with van der Waals surface area (Å²) in [5.41, 5.74) is 10.1. The van der Waals surface area contributed by atoms with Gasteiger partial charge in [0.1, 0.15) is 31.0 Å². The van der Waals surface area contributed by atoms with E-state index in [1.54, 1.807) is 28.9 Å². The fraction of sp³-hybridized carbons (Fsp3) is 0.296. The van der Waals surface area contributed by atoms with Crippen LogP contribution in [0, 0.1) is 20.8 Å². The van der Waals surface area contributed by atoms with Crippen LogP contribution < -0.4 is 5.73 Å². The number of fused-ring (bicyclic) bond motifs is 1. The number of carbonyl (C=O) groups excluding carboxylic acids is 2. The summed E-state index contributed by atoms with van der Waals surface area (Å²) in [5.74, 6) is -0.661. The number of ether oxygens (including phenoxy) is 3. The standard InChI is InChI=1S/C27H27N5O5/c1-15-4-8-18(9-5-15)26(33)35-13-21-20(37-27(34)19-10-6-16(2)7-11-19)12-22(36-21)32-25-23(17(3)31-32)24(28)29-14-30-25/h4-11,14,20-22H,12-13H2,1-3H3,(H2,28,29,30)/t20-,21+,22+/m0/s1. The van der Waals surface area contributed by atoms with Crippen molar-refractivity contribution in [2.24, 2.45) is 0 Å². The topological polar surface area (TPSA) is 131 Å². The molecule has 0 bridgehead atoms. The molecule has 1 saturated heterocycles. The van der Waals surface area contributed by atoms with Gasteiger partial charge in [-0.2, -0.15) is 5.10 Å². The Balaban J connectivity index is 1.38. The van der Waals surface area contributed by atoms with Crippen molar-refractivity contribution in [3.63, 3.8) is 0 Å². The summed E-state index contributed by atoms with van der Waals surface area (Å²) >= 11 is 0. The number of hydrogen-bond acceptors (Lipinski definition) is 9. The highest BCUT2D eigenvalue weighted by Crippen LogP contribution is 2.34. The molecule has 3 atom stereocenters. The summed E-state index contributed by atoms with van der Waals surface area (Å²) in [6, 6.07) is 14.2. The normalized spacial score (nSPS) is 19.2. The molecule has 0 radical (unpaired) electrons. The number of rotatable bonds is 6. The van der Waals surface area contributed by atoms with Crippen molar-refractivity contribution in [1.29, 1.82) is 0 Å². The first-order valence-corrected chi connectivity index (χ1v) is 11.9. The zero-order valence-electron chi connectivity index (χ0n) is 20.7. The number of nitrogens with zero attached hydrogens (tertiary/aromatic N) is 4. The van der Waals surface area contributed by atoms with Crippen LogP contribution in [-0.2, 0) is 14.2 Å². The quantitative estimate of drug-likeness (QED) is 0.393. The van der Waals surface area contributed by atoms with E-state index in [-0.39, 0.29) is 13.0 Å². The van der Waals surface area contributed by atoms with Crippen molar-refractivity contribution in [2.45, 2.75) is 45.6 Å². The van der Waals surface area contributed by atoms with Gasteiger partial charge in [0.2, 0.25) is 0 Å². The summed E-state index contributed by atoms with van der Waals surface area (Å²) < 4.78 is 19.2. The van der Waals surface area contributed by atoms with Gasteiger partial charge in [-0.3, -0.25) is 0 Å². The van der Waals surface area contributed by atoms with Crippen LogP contribution in [0.5, 0.6) is 0 Å². The van der Waals surface area contributed by atoms with Crippen molar-refractivity contribution < 1.29 is 23.8 Å². The van der Waals surface area contributed by atoms with Gasteiger partial charge < -0.3 is 19.9 Å². The van der Waals surface area contributed by atoms with E-state index in [2.05, 4.69) is 15.1 Å². The highest BCUT2D eigenvalue weighted by molar-refractivity contribution is 5.90. The van der Waals surface area contributed by atoms with Crippen molar-refractivity contribution >= 4 is 28.8 Å². The van der Waals surface area contributed by atoms with E-state index in [4.69, 9.17) is 19.9 Å².